The van der Waals surface area contributed by atoms with Crippen LogP contribution in [0.5, 0.6) is 0 Å². The van der Waals surface area contributed by atoms with Crippen LogP contribution in [0.2, 0.25) is 0 Å². The quantitative estimate of drug-likeness (QED) is 0.511. The van der Waals surface area contributed by atoms with Crippen molar-refractivity contribution in [3.63, 3.8) is 0 Å². The molecule has 0 amide bonds. The Kier molecular flexibility index (Phi) is 6.81. The van der Waals surface area contributed by atoms with Crippen LogP contribution in [0.1, 0.15) is 96.8 Å². The largest absolute Gasteiger partial charge is 0.495 e. The van der Waals surface area contributed by atoms with E-state index in [1.54, 1.807) is 5.57 Å². The molecule has 0 bridgehead atoms. The summed E-state index contributed by atoms with van der Waals surface area (Å²) in [6.45, 7) is 2.26. The maximum atomic E-state index is 6.28. The van der Waals surface area contributed by atoms with E-state index in [0.717, 1.165) is 0 Å². The van der Waals surface area contributed by atoms with Crippen LogP contribution in [0.4, 0.5) is 0 Å². The third kappa shape index (κ3) is 5.58. The van der Waals surface area contributed by atoms with Gasteiger partial charge in [-0.1, -0.05) is 38.5 Å². The summed E-state index contributed by atoms with van der Waals surface area (Å²) in [6.07, 6.45) is 19.6. The second kappa shape index (κ2) is 8.66. The van der Waals surface area contributed by atoms with Gasteiger partial charge in [0.05, 0.1) is 11.9 Å². The highest BCUT2D eigenvalue weighted by molar-refractivity contribution is 5.10. The molecule has 1 atom stereocenters. The molecule has 0 radical (unpaired) electrons. The number of allylic oxidation sites excluding steroid dienone is 2. The lowest BCUT2D eigenvalue weighted by Gasteiger charge is -2.24. The van der Waals surface area contributed by atoms with Gasteiger partial charge in [0.25, 0.3) is 0 Å². The summed E-state index contributed by atoms with van der Waals surface area (Å²) in [7, 11) is 0. The summed E-state index contributed by atoms with van der Waals surface area (Å²) < 4.78 is 6.28. The van der Waals surface area contributed by atoms with Gasteiger partial charge in [0, 0.05) is 6.42 Å². The third-order valence-electron chi connectivity index (χ3n) is 4.71. The first-order valence-corrected chi connectivity index (χ1v) is 8.74. The van der Waals surface area contributed by atoms with Crippen LogP contribution < -0.4 is 0 Å². The molecule has 1 heterocycles. The molecule has 2 aliphatic rings. The summed E-state index contributed by atoms with van der Waals surface area (Å²) in [4.78, 5) is 0. The van der Waals surface area contributed by atoms with Crippen molar-refractivity contribution in [2.24, 2.45) is 0 Å². The molecule has 0 saturated carbocycles. The van der Waals surface area contributed by atoms with Gasteiger partial charge in [0.1, 0.15) is 0 Å². The Balaban J connectivity index is 2.01. The minimum atomic E-state index is 0.443. The van der Waals surface area contributed by atoms with Gasteiger partial charge in [-0.15, -0.1) is 0 Å². The van der Waals surface area contributed by atoms with Crippen molar-refractivity contribution in [3.8, 4) is 0 Å². The molecular weight excluding hydrogens is 232 g/mol. The molecule has 1 nitrogen and oxygen atoms in total. The molecular formula is C18H32O. The Hall–Kier alpha value is -0.460. The van der Waals surface area contributed by atoms with Crippen molar-refractivity contribution in [1.82, 2.24) is 0 Å². The number of hydrogen-bond acceptors (Lipinski definition) is 1. The number of hydrogen-bond donors (Lipinski definition) is 0. The van der Waals surface area contributed by atoms with Crippen molar-refractivity contribution in [3.05, 3.63) is 11.3 Å². The molecule has 2 rings (SSSR count). The van der Waals surface area contributed by atoms with E-state index in [2.05, 4.69) is 6.92 Å². The predicted molar refractivity (Wildman–Crippen MR) is 82.2 cm³/mol. The third-order valence-corrected chi connectivity index (χ3v) is 4.71. The number of ether oxygens (including phenoxy) is 1. The van der Waals surface area contributed by atoms with Crippen LogP contribution in [-0.2, 0) is 4.74 Å². The Morgan fingerprint density at radius 1 is 0.684 bits per heavy atom. The highest BCUT2D eigenvalue weighted by Gasteiger charge is 2.15. The van der Waals surface area contributed by atoms with E-state index in [1.165, 1.54) is 95.7 Å². The monoisotopic (exact) mass is 264 g/mol. The van der Waals surface area contributed by atoms with E-state index < -0.39 is 0 Å². The molecule has 0 aromatic carbocycles. The zero-order valence-corrected chi connectivity index (χ0v) is 12.9. The Bertz CT molecular complexity index is 279. The van der Waals surface area contributed by atoms with E-state index in [1.807, 2.05) is 0 Å². The first-order chi connectivity index (χ1) is 9.36. The second-order valence-electron chi connectivity index (χ2n) is 6.53. The molecule has 1 heteroatoms. The maximum Gasteiger partial charge on any atom is 0.0955 e. The summed E-state index contributed by atoms with van der Waals surface area (Å²) in [5.74, 6) is 1.40. The topological polar surface area (TPSA) is 9.23 Å². The molecule has 1 aliphatic carbocycles. The standard InChI is InChI=1S/C18H32O/c1-16-12-10-11-14-17-13-8-6-4-2-3-5-7-9-15-18(17)19-16/h16H,2-15H2,1H3. The lowest BCUT2D eigenvalue weighted by molar-refractivity contribution is 0.105. The minimum Gasteiger partial charge on any atom is -0.495 e. The normalized spacial score (nSPS) is 28.2. The van der Waals surface area contributed by atoms with Crippen molar-refractivity contribution in [1.29, 1.82) is 0 Å². The van der Waals surface area contributed by atoms with Crippen LogP contribution in [0.25, 0.3) is 0 Å². The van der Waals surface area contributed by atoms with Gasteiger partial charge in [-0.25, -0.2) is 0 Å². The van der Waals surface area contributed by atoms with E-state index in [4.69, 9.17) is 4.74 Å². The first-order valence-electron chi connectivity index (χ1n) is 8.74. The van der Waals surface area contributed by atoms with Crippen LogP contribution >= 0.6 is 0 Å². The average molecular weight is 264 g/mol. The fourth-order valence-corrected chi connectivity index (χ4v) is 3.48. The van der Waals surface area contributed by atoms with E-state index in [0.29, 0.717) is 6.10 Å². The SMILES string of the molecule is CC1CCCCC2=C(CCCCCCCCCC2)O1. The van der Waals surface area contributed by atoms with E-state index >= 15 is 0 Å². The van der Waals surface area contributed by atoms with Crippen molar-refractivity contribution in [2.75, 3.05) is 0 Å². The van der Waals surface area contributed by atoms with Gasteiger partial charge < -0.3 is 4.74 Å². The molecule has 0 aromatic heterocycles. The van der Waals surface area contributed by atoms with Gasteiger partial charge >= 0.3 is 0 Å². The summed E-state index contributed by atoms with van der Waals surface area (Å²) in [5, 5.41) is 0. The molecule has 0 fully saturated rings. The van der Waals surface area contributed by atoms with Crippen molar-refractivity contribution >= 4 is 0 Å². The highest BCUT2D eigenvalue weighted by atomic mass is 16.5. The Morgan fingerprint density at radius 3 is 1.89 bits per heavy atom. The van der Waals surface area contributed by atoms with Crippen molar-refractivity contribution < 1.29 is 4.74 Å². The lowest BCUT2D eigenvalue weighted by atomic mass is 9.94. The van der Waals surface area contributed by atoms with E-state index in [9.17, 15) is 0 Å². The number of rotatable bonds is 0. The average Bonchev–Trinajstić information content (AvgIpc) is 2.38. The molecule has 110 valence electrons. The molecule has 19 heavy (non-hydrogen) atoms. The zero-order valence-electron chi connectivity index (χ0n) is 12.9. The molecule has 0 saturated heterocycles. The van der Waals surface area contributed by atoms with Crippen LogP contribution in [0, 0.1) is 0 Å². The highest BCUT2D eigenvalue weighted by Crippen LogP contribution is 2.29. The van der Waals surface area contributed by atoms with Crippen LogP contribution in [0.15, 0.2) is 11.3 Å². The fraction of sp³-hybridized carbons (Fsp3) is 0.889. The molecule has 0 N–H and O–H groups in total. The molecule has 1 aliphatic heterocycles. The Labute approximate surface area is 119 Å². The maximum absolute atomic E-state index is 6.28. The van der Waals surface area contributed by atoms with Crippen LogP contribution in [0.3, 0.4) is 0 Å². The van der Waals surface area contributed by atoms with Gasteiger partial charge in [0.2, 0.25) is 0 Å². The molecule has 0 aromatic rings. The van der Waals surface area contributed by atoms with Gasteiger partial charge in [0.15, 0.2) is 0 Å². The zero-order chi connectivity index (χ0) is 13.3. The smallest absolute Gasteiger partial charge is 0.0955 e. The fourth-order valence-electron chi connectivity index (χ4n) is 3.48. The van der Waals surface area contributed by atoms with Crippen LogP contribution in [-0.4, -0.2) is 6.10 Å². The second-order valence-corrected chi connectivity index (χ2v) is 6.53. The summed E-state index contributed by atoms with van der Waals surface area (Å²) in [5.41, 5.74) is 1.67. The summed E-state index contributed by atoms with van der Waals surface area (Å²) in [6, 6.07) is 0. The molecule has 0 spiro atoms. The first kappa shape index (κ1) is 14.9. The Morgan fingerprint density at radius 2 is 1.21 bits per heavy atom. The van der Waals surface area contributed by atoms with E-state index in [-0.39, 0.29) is 0 Å². The van der Waals surface area contributed by atoms with Crippen molar-refractivity contribution in [2.45, 2.75) is 103 Å². The summed E-state index contributed by atoms with van der Waals surface area (Å²) >= 11 is 0. The van der Waals surface area contributed by atoms with Gasteiger partial charge in [-0.2, -0.15) is 0 Å². The predicted octanol–water partition coefficient (Wildman–Crippen LogP) is 6.13. The molecule has 1 unspecified atom stereocenters. The minimum absolute atomic E-state index is 0.443. The lowest BCUT2D eigenvalue weighted by Crippen LogP contribution is -2.12. The van der Waals surface area contributed by atoms with Gasteiger partial charge in [-0.05, 0) is 57.4 Å². The van der Waals surface area contributed by atoms with Gasteiger partial charge in [-0.3, -0.25) is 0 Å².